The second-order valence-corrected chi connectivity index (χ2v) is 5.47. The van der Waals surface area contributed by atoms with E-state index in [1.807, 2.05) is 0 Å². The topological polar surface area (TPSA) is 49.8 Å². The number of likely N-dealkylation sites (tertiary alicyclic amines) is 1. The number of rotatable bonds is 2. The van der Waals surface area contributed by atoms with E-state index in [9.17, 15) is 18.6 Å². The Kier molecular flexibility index (Phi) is 3.95. The number of hydrogen-bond donors (Lipinski definition) is 1. The van der Waals surface area contributed by atoms with Gasteiger partial charge in [0.25, 0.3) is 12.3 Å². The third-order valence-electron chi connectivity index (χ3n) is 4.15. The van der Waals surface area contributed by atoms with Crippen molar-refractivity contribution in [2.75, 3.05) is 6.54 Å². The summed E-state index contributed by atoms with van der Waals surface area (Å²) in [5.41, 5.74) is 1.74. The van der Waals surface area contributed by atoms with Gasteiger partial charge in [0.05, 0.1) is 12.6 Å². The van der Waals surface area contributed by atoms with Gasteiger partial charge in [-0.1, -0.05) is 6.07 Å². The minimum absolute atomic E-state index is 0.232. The van der Waals surface area contributed by atoms with Crippen molar-refractivity contribution in [2.24, 2.45) is 0 Å². The fourth-order valence-electron chi connectivity index (χ4n) is 3.00. The Morgan fingerprint density at radius 1 is 1.43 bits per heavy atom. The number of carbonyl (C=O) groups is 1. The van der Waals surface area contributed by atoms with Gasteiger partial charge in [-0.15, -0.1) is 0 Å². The number of amides is 1. The number of carbonyl (C=O) groups excluding carboxylic acids is 1. The summed E-state index contributed by atoms with van der Waals surface area (Å²) in [4.78, 5) is 13.8. The first-order valence-electron chi connectivity index (χ1n) is 7.09. The Labute approximate surface area is 121 Å². The molecule has 1 fully saturated rings. The molecule has 4 nitrogen and oxygen atoms in total. The van der Waals surface area contributed by atoms with Crippen molar-refractivity contribution in [1.29, 1.82) is 0 Å². The van der Waals surface area contributed by atoms with E-state index in [1.54, 1.807) is 18.2 Å². The number of hydrogen-bond acceptors (Lipinski definition) is 3. The highest BCUT2D eigenvalue weighted by Crippen LogP contribution is 2.24. The molecule has 0 bridgehead atoms. The zero-order chi connectivity index (χ0) is 15.0. The largest absolute Gasteiger partial charge is 0.491 e. The molecule has 2 aliphatic rings. The van der Waals surface area contributed by atoms with Crippen molar-refractivity contribution >= 4 is 18.5 Å². The number of piperidine rings is 1. The predicted octanol–water partition coefficient (Wildman–Crippen LogP) is 1.16. The van der Waals surface area contributed by atoms with Crippen molar-refractivity contribution in [2.45, 2.75) is 38.3 Å². The van der Waals surface area contributed by atoms with Crippen LogP contribution in [-0.2, 0) is 11.3 Å². The fraction of sp³-hybridized carbons (Fsp3) is 0.500. The summed E-state index contributed by atoms with van der Waals surface area (Å²) in [6.07, 6.45) is -0.699. The van der Waals surface area contributed by atoms with Crippen molar-refractivity contribution in [3.8, 4) is 0 Å². The molecule has 1 atom stereocenters. The molecule has 1 amide bonds. The molecule has 21 heavy (non-hydrogen) atoms. The van der Waals surface area contributed by atoms with Crippen LogP contribution in [0.5, 0.6) is 0 Å². The lowest BCUT2D eigenvalue weighted by molar-refractivity contribution is 0.00684. The third-order valence-corrected chi connectivity index (χ3v) is 4.15. The highest BCUT2D eigenvalue weighted by Gasteiger charge is 2.34. The van der Waals surface area contributed by atoms with Crippen LogP contribution >= 0.6 is 0 Å². The summed E-state index contributed by atoms with van der Waals surface area (Å²) in [5, 5.41) is 9.56. The number of fused-ring (bicyclic) bond motifs is 1. The van der Waals surface area contributed by atoms with Gasteiger partial charge in [-0.25, -0.2) is 8.78 Å². The quantitative estimate of drug-likeness (QED) is 0.833. The highest BCUT2D eigenvalue weighted by atomic mass is 19.3. The monoisotopic (exact) mass is 295 g/mol. The first kappa shape index (κ1) is 14.5. The van der Waals surface area contributed by atoms with Gasteiger partial charge < -0.3 is 14.6 Å². The molecule has 1 aromatic carbocycles. The maximum absolute atomic E-state index is 13.1. The Morgan fingerprint density at radius 3 is 3.00 bits per heavy atom. The molecule has 1 N–H and O–H groups in total. The summed E-state index contributed by atoms with van der Waals surface area (Å²) in [5.74, 6) is -0.371. The van der Waals surface area contributed by atoms with Gasteiger partial charge in [0.1, 0.15) is 0 Å². The first-order valence-corrected chi connectivity index (χ1v) is 7.09. The van der Waals surface area contributed by atoms with E-state index in [-0.39, 0.29) is 12.5 Å². The van der Waals surface area contributed by atoms with Crippen LogP contribution in [-0.4, -0.2) is 42.0 Å². The molecule has 1 saturated heterocycles. The van der Waals surface area contributed by atoms with Gasteiger partial charge >= 0.3 is 7.12 Å². The maximum Gasteiger partial charge on any atom is 0.491 e. The first-order chi connectivity index (χ1) is 10.1. The smallest absolute Gasteiger partial charge is 0.423 e. The standard InChI is InChI=1S/C14H16BF2NO3/c16-13(17)12-3-1-2-6-18(12)14(19)9-4-5-11-10(7-9)8-21-15(11)20/h4-5,7,12-13,20H,1-3,6,8H2. The molecule has 0 spiro atoms. The van der Waals surface area contributed by atoms with Gasteiger partial charge in [0.15, 0.2) is 0 Å². The molecular weight excluding hydrogens is 279 g/mol. The molecule has 1 aromatic rings. The third kappa shape index (κ3) is 2.67. The van der Waals surface area contributed by atoms with Crippen LogP contribution in [0.25, 0.3) is 0 Å². The van der Waals surface area contributed by atoms with Crippen LogP contribution in [0.1, 0.15) is 35.2 Å². The summed E-state index contributed by atoms with van der Waals surface area (Å²) >= 11 is 0. The molecule has 1 unspecified atom stereocenters. The number of halogens is 2. The van der Waals surface area contributed by atoms with Gasteiger partial charge in [0.2, 0.25) is 0 Å². The summed E-state index contributed by atoms with van der Waals surface area (Å²) in [6.45, 7) is 0.597. The van der Waals surface area contributed by atoms with E-state index in [4.69, 9.17) is 4.65 Å². The molecule has 0 saturated carbocycles. The van der Waals surface area contributed by atoms with Crippen molar-refractivity contribution in [3.63, 3.8) is 0 Å². The second-order valence-electron chi connectivity index (χ2n) is 5.47. The molecule has 0 aromatic heterocycles. The average Bonchev–Trinajstić information content (AvgIpc) is 2.87. The van der Waals surface area contributed by atoms with E-state index in [2.05, 4.69) is 0 Å². The van der Waals surface area contributed by atoms with Crippen LogP contribution in [0.4, 0.5) is 8.78 Å². The van der Waals surface area contributed by atoms with Crippen molar-refractivity contribution in [3.05, 3.63) is 29.3 Å². The maximum atomic E-state index is 13.1. The summed E-state index contributed by atoms with van der Waals surface area (Å²) in [6, 6.07) is 3.82. The lowest BCUT2D eigenvalue weighted by Gasteiger charge is -2.35. The summed E-state index contributed by atoms with van der Waals surface area (Å²) < 4.78 is 31.2. The lowest BCUT2D eigenvalue weighted by atomic mass is 9.79. The van der Waals surface area contributed by atoms with E-state index < -0.39 is 19.6 Å². The van der Waals surface area contributed by atoms with Gasteiger partial charge in [0, 0.05) is 12.1 Å². The molecule has 7 heteroatoms. The van der Waals surface area contributed by atoms with Gasteiger partial charge in [-0.3, -0.25) is 4.79 Å². The molecule has 0 aliphatic carbocycles. The average molecular weight is 295 g/mol. The zero-order valence-corrected chi connectivity index (χ0v) is 11.5. The van der Waals surface area contributed by atoms with Crippen LogP contribution in [0.3, 0.4) is 0 Å². The minimum Gasteiger partial charge on any atom is -0.423 e. The number of nitrogens with zero attached hydrogens (tertiary/aromatic N) is 1. The Bertz CT molecular complexity index is 555. The normalized spacial score (nSPS) is 21.8. The van der Waals surface area contributed by atoms with Gasteiger partial charge in [-0.2, -0.15) is 0 Å². The van der Waals surface area contributed by atoms with Crippen LogP contribution in [0, 0.1) is 0 Å². The van der Waals surface area contributed by atoms with Crippen molar-refractivity contribution in [1.82, 2.24) is 4.90 Å². The zero-order valence-electron chi connectivity index (χ0n) is 11.5. The van der Waals surface area contributed by atoms with Crippen LogP contribution in [0.2, 0.25) is 0 Å². The lowest BCUT2D eigenvalue weighted by Crippen LogP contribution is -2.47. The second kappa shape index (κ2) is 5.73. The molecule has 2 aliphatic heterocycles. The molecule has 0 radical (unpaired) electrons. The summed E-state index contributed by atoms with van der Waals surface area (Å²) in [7, 11) is -0.965. The molecular formula is C14H16BF2NO3. The molecule has 112 valence electrons. The highest BCUT2D eigenvalue weighted by molar-refractivity contribution is 6.61. The number of benzene rings is 1. The number of alkyl halides is 2. The molecule has 3 rings (SSSR count). The van der Waals surface area contributed by atoms with E-state index in [0.717, 1.165) is 18.4 Å². The van der Waals surface area contributed by atoms with E-state index >= 15 is 0 Å². The van der Waals surface area contributed by atoms with Crippen LogP contribution < -0.4 is 5.46 Å². The Hall–Kier alpha value is -1.47. The predicted molar refractivity (Wildman–Crippen MR) is 73.5 cm³/mol. The fourth-order valence-corrected chi connectivity index (χ4v) is 3.00. The Balaban J connectivity index is 1.84. The minimum atomic E-state index is -2.52. The molecule has 2 heterocycles. The SMILES string of the molecule is O=C(c1ccc2c(c1)COB2O)N1CCCCC1C(F)F. The van der Waals surface area contributed by atoms with Gasteiger partial charge in [-0.05, 0) is 42.4 Å². The van der Waals surface area contributed by atoms with E-state index in [0.29, 0.717) is 24.0 Å². The van der Waals surface area contributed by atoms with Crippen molar-refractivity contribution < 1.29 is 23.3 Å². The Morgan fingerprint density at radius 2 is 2.24 bits per heavy atom. The van der Waals surface area contributed by atoms with E-state index in [1.165, 1.54) is 4.90 Å². The van der Waals surface area contributed by atoms with Crippen LogP contribution in [0.15, 0.2) is 18.2 Å².